The first kappa shape index (κ1) is 8.28. The first-order valence-electron chi connectivity index (χ1n) is 3.77. The Balaban J connectivity index is 3.02. The minimum Gasteiger partial charge on any atom is -0.107 e. The lowest BCUT2D eigenvalue weighted by Gasteiger charge is -2.16. The lowest BCUT2D eigenvalue weighted by atomic mass is 10.4. The first-order valence-corrected chi connectivity index (χ1v) is 6.85. The van der Waals surface area contributed by atoms with E-state index >= 15 is 0 Å². The van der Waals surface area contributed by atoms with E-state index in [9.17, 15) is 0 Å². The number of hydrogen-bond acceptors (Lipinski definition) is 0. The van der Waals surface area contributed by atoms with Crippen molar-refractivity contribution in [2.45, 2.75) is 13.1 Å². The molecule has 1 radical (unpaired) electrons. The summed E-state index contributed by atoms with van der Waals surface area (Å²) in [6.45, 7) is 8.43. The van der Waals surface area contributed by atoms with Crippen LogP contribution < -0.4 is 5.19 Å². The molecule has 0 saturated heterocycles. The lowest BCUT2D eigenvalue weighted by molar-refractivity contribution is 1.70. The summed E-state index contributed by atoms with van der Waals surface area (Å²) in [6, 6.07) is 11.2. The molecule has 0 N–H and O–H groups in total. The molecule has 1 heteroatoms. The fourth-order valence-electron chi connectivity index (χ4n) is 0.934. The highest BCUT2D eigenvalue weighted by atomic mass is 28.3. The van der Waals surface area contributed by atoms with E-state index in [4.69, 9.17) is 0 Å². The van der Waals surface area contributed by atoms with E-state index in [1.54, 1.807) is 0 Å². The summed E-state index contributed by atoms with van der Waals surface area (Å²) in [5.41, 5.74) is 2.10. The summed E-state index contributed by atoms with van der Waals surface area (Å²) in [7, 11) is -1.31. The molecule has 11 heavy (non-hydrogen) atoms. The highest BCUT2D eigenvalue weighted by Gasteiger charge is 2.17. The summed E-state index contributed by atoms with van der Waals surface area (Å²) in [4.78, 5) is 0. The maximum atomic E-state index is 3.86. The summed E-state index contributed by atoms with van der Waals surface area (Å²) in [5, 5.41) is 1.42. The van der Waals surface area contributed by atoms with Gasteiger partial charge in [0.2, 0.25) is 0 Å². The van der Waals surface area contributed by atoms with Gasteiger partial charge in [0.05, 0.1) is 0 Å². The third kappa shape index (κ3) is 1.81. The second kappa shape index (κ2) is 3.05. The van der Waals surface area contributed by atoms with Gasteiger partial charge in [-0.2, -0.15) is 0 Å². The molecule has 0 amide bonds. The second-order valence-electron chi connectivity index (χ2n) is 3.21. The molecule has 1 rings (SSSR count). The van der Waals surface area contributed by atoms with Crippen molar-refractivity contribution in [2.24, 2.45) is 0 Å². The fourth-order valence-corrected chi connectivity index (χ4v) is 2.20. The zero-order valence-electron chi connectivity index (χ0n) is 7.09. The monoisotopic (exact) mass is 161 g/mol. The number of benzene rings is 1. The second-order valence-corrected chi connectivity index (χ2v) is 7.64. The van der Waals surface area contributed by atoms with Crippen LogP contribution >= 0.6 is 0 Å². The van der Waals surface area contributed by atoms with E-state index in [0.29, 0.717) is 0 Å². The van der Waals surface area contributed by atoms with Gasteiger partial charge in [0.1, 0.15) is 8.07 Å². The van der Waals surface area contributed by atoms with E-state index in [0.717, 1.165) is 0 Å². The minimum absolute atomic E-state index is 1.31. The largest absolute Gasteiger partial charge is 0.107 e. The molecule has 0 aromatic heterocycles. The standard InChI is InChI=1S/C10H13Si/c1-4-11(2,3)10-8-6-5-7-9-10/h4,6-9H,1H2,2-3H3. The van der Waals surface area contributed by atoms with E-state index < -0.39 is 8.07 Å². The van der Waals surface area contributed by atoms with Crippen molar-refractivity contribution < 1.29 is 0 Å². The van der Waals surface area contributed by atoms with Gasteiger partial charge in [-0.15, -0.1) is 6.58 Å². The minimum atomic E-state index is -1.31. The molecule has 1 aromatic rings. The van der Waals surface area contributed by atoms with Crippen LogP contribution in [0.2, 0.25) is 13.1 Å². The molecule has 0 spiro atoms. The van der Waals surface area contributed by atoms with Gasteiger partial charge in [-0.1, -0.05) is 48.2 Å². The molecule has 0 fully saturated rings. The highest BCUT2D eigenvalue weighted by Crippen LogP contribution is 2.02. The van der Waals surface area contributed by atoms with Crippen LogP contribution in [-0.2, 0) is 0 Å². The SMILES string of the molecule is C=C[Si](C)(C)c1cc[c]cc1. The van der Waals surface area contributed by atoms with Crippen molar-refractivity contribution in [2.75, 3.05) is 0 Å². The summed E-state index contributed by atoms with van der Waals surface area (Å²) in [5.74, 6) is 0. The van der Waals surface area contributed by atoms with Crippen LogP contribution in [0.4, 0.5) is 0 Å². The van der Waals surface area contributed by atoms with E-state index in [1.807, 2.05) is 12.1 Å². The summed E-state index contributed by atoms with van der Waals surface area (Å²) >= 11 is 0. The summed E-state index contributed by atoms with van der Waals surface area (Å²) < 4.78 is 0. The molecule has 0 bridgehead atoms. The molecular weight excluding hydrogens is 148 g/mol. The van der Waals surface area contributed by atoms with Crippen molar-refractivity contribution in [1.29, 1.82) is 0 Å². The molecule has 1 aromatic carbocycles. The Hall–Kier alpha value is -0.823. The van der Waals surface area contributed by atoms with Crippen LogP contribution in [0.3, 0.4) is 0 Å². The van der Waals surface area contributed by atoms with Gasteiger partial charge >= 0.3 is 0 Å². The first-order chi connectivity index (χ1) is 5.17. The van der Waals surface area contributed by atoms with Gasteiger partial charge in [-0.25, -0.2) is 0 Å². The third-order valence-corrected chi connectivity index (χ3v) is 4.81. The van der Waals surface area contributed by atoms with Gasteiger partial charge < -0.3 is 0 Å². The van der Waals surface area contributed by atoms with Gasteiger partial charge in [-0.05, 0) is 6.07 Å². The third-order valence-electron chi connectivity index (χ3n) is 1.97. The predicted molar refractivity (Wildman–Crippen MR) is 52.6 cm³/mol. The van der Waals surface area contributed by atoms with Crippen LogP contribution in [0.1, 0.15) is 0 Å². The van der Waals surface area contributed by atoms with E-state index in [1.165, 1.54) is 5.19 Å². The number of hydrogen-bond donors (Lipinski definition) is 0. The fraction of sp³-hybridized carbons (Fsp3) is 0.200. The average molecular weight is 161 g/mol. The topological polar surface area (TPSA) is 0 Å². The predicted octanol–water partition coefficient (Wildman–Crippen LogP) is 2.13. The quantitative estimate of drug-likeness (QED) is 0.583. The Morgan fingerprint density at radius 2 is 1.91 bits per heavy atom. The normalized spacial score (nSPS) is 11.1. The molecular formula is C10H13Si. The number of rotatable bonds is 2. The molecule has 0 aliphatic carbocycles. The van der Waals surface area contributed by atoms with Gasteiger partial charge in [-0.3, -0.25) is 0 Å². The lowest BCUT2D eigenvalue weighted by Crippen LogP contribution is -2.38. The van der Waals surface area contributed by atoms with Crippen LogP contribution in [-0.4, -0.2) is 8.07 Å². The molecule has 0 aliphatic rings. The van der Waals surface area contributed by atoms with Crippen molar-refractivity contribution >= 4 is 13.3 Å². The van der Waals surface area contributed by atoms with Crippen LogP contribution in [0.25, 0.3) is 0 Å². The Labute approximate surface area is 69.6 Å². The van der Waals surface area contributed by atoms with Crippen molar-refractivity contribution in [1.82, 2.24) is 0 Å². The molecule has 0 saturated carbocycles. The Bertz CT molecular complexity index is 236. The zero-order chi connectivity index (χ0) is 8.32. The van der Waals surface area contributed by atoms with Crippen molar-refractivity contribution in [3.8, 4) is 0 Å². The average Bonchev–Trinajstić information content (AvgIpc) is 2.06. The summed E-state index contributed by atoms with van der Waals surface area (Å²) in [6.07, 6.45) is 0. The Morgan fingerprint density at radius 3 is 2.36 bits per heavy atom. The smallest absolute Gasteiger partial charge is 0.103 e. The maximum absolute atomic E-state index is 3.86. The van der Waals surface area contributed by atoms with Gasteiger partial charge in [0.15, 0.2) is 0 Å². The van der Waals surface area contributed by atoms with Crippen LogP contribution in [0.5, 0.6) is 0 Å². The molecule has 0 aliphatic heterocycles. The molecule has 0 heterocycles. The Kier molecular flexibility index (Phi) is 2.30. The van der Waals surface area contributed by atoms with Crippen molar-refractivity contribution in [3.63, 3.8) is 0 Å². The zero-order valence-corrected chi connectivity index (χ0v) is 8.09. The Morgan fingerprint density at radius 1 is 1.36 bits per heavy atom. The molecule has 0 unspecified atom stereocenters. The van der Waals surface area contributed by atoms with E-state index in [2.05, 4.69) is 43.6 Å². The maximum Gasteiger partial charge on any atom is 0.103 e. The van der Waals surface area contributed by atoms with Crippen LogP contribution in [0, 0.1) is 6.07 Å². The molecule has 57 valence electrons. The van der Waals surface area contributed by atoms with Crippen LogP contribution in [0.15, 0.2) is 36.5 Å². The van der Waals surface area contributed by atoms with E-state index in [-0.39, 0.29) is 0 Å². The highest BCUT2D eigenvalue weighted by molar-refractivity contribution is 6.93. The van der Waals surface area contributed by atoms with Gasteiger partial charge in [0.25, 0.3) is 0 Å². The van der Waals surface area contributed by atoms with Gasteiger partial charge in [0, 0.05) is 0 Å². The van der Waals surface area contributed by atoms with Crippen molar-refractivity contribution in [3.05, 3.63) is 42.6 Å². The molecule has 0 atom stereocenters. The molecule has 0 nitrogen and oxygen atoms in total.